The lowest BCUT2D eigenvalue weighted by Crippen LogP contribution is -2.51. The molecule has 0 radical (unpaired) electrons. The number of nitrogens with zero attached hydrogens (tertiary/aromatic N) is 2. The maximum Gasteiger partial charge on any atom is 0.269 e. The SMILES string of the molecule is CC1CC(O)CC(C)N1C(=O)Cc1ccc([N+](=O)[O-])cc1. The fraction of sp³-hybridized carbons (Fsp3) is 0.533. The normalized spacial score (nSPS) is 25.7. The first-order valence-electron chi connectivity index (χ1n) is 7.11. The summed E-state index contributed by atoms with van der Waals surface area (Å²) in [6.45, 7) is 3.87. The number of nitro groups is 1. The van der Waals surface area contributed by atoms with Crippen LogP contribution in [-0.4, -0.2) is 39.0 Å². The maximum atomic E-state index is 12.4. The van der Waals surface area contributed by atoms with Crippen molar-refractivity contribution in [3.05, 3.63) is 39.9 Å². The van der Waals surface area contributed by atoms with E-state index < -0.39 is 4.92 Å². The van der Waals surface area contributed by atoms with Crippen molar-refractivity contribution >= 4 is 11.6 Å². The van der Waals surface area contributed by atoms with Crippen LogP contribution in [0.25, 0.3) is 0 Å². The number of likely N-dealkylation sites (tertiary alicyclic amines) is 1. The van der Waals surface area contributed by atoms with E-state index in [2.05, 4.69) is 0 Å². The zero-order chi connectivity index (χ0) is 15.6. The quantitative estimate of drug-likeness (QED) is 0.681. The van der Waals surface area contributed by atoms with Crippen molar-refractivity contribution in [1.82, 2.24) is 4.90 Å². The Bertz CT molecular complexity index is 517. The van der Waals surface area contributed by atoms with Gasteiger partial charge in [0.2, 0.25) is 5.91 Å². The molecule has 2 atom stereocenters. The van der Waals surface area contributed by atoms with Gasteiger partial charge in [-0.25, -0.2) is 0 Å². The molecule has 1 heterocycles. The third kappa shape index (κ3) is 3.58. The van der Waals surface area contributed by atoms with Crippen LogP contribution < -0.4 is 0 Å². The topological polar surface area (TPSA) is 83.7 Å². The molecule has 0 aliphatic carbocycles. The molecule has 0 aromatic heterocycles. The number of hydrogen-bond acceptors (Lipinski definition) is 4. The van der Waals surface area contributed by atoms with Gasteiger partial charge in [0, 0.05) is 24.2 Å². The van der Waals surface area contributed by atoms with Gasteiger partial charge in [-0.05, 0) is 32.3 Å². The molecule has 1 saturated heterocycles. The Kier molecular flexibility index (Phi) is 4.57. The van der Waals surface area contributed by atoms with Crippen LogP contribution in [0.1, 0.15) is 32.3 Å². The molecule has 114 valence electrons. The Hall–Kier alpha value is -1.95. The van der Waals surface area contributed by atoms with Gasteiger partial charge in [-0.15, -0.1) is 0 Å². The standard InChI is InChI=1S/C15H20N2O4/c1-10-7-14(18)8-11(2)16(10)15(19)9-12-3-5-13(6-4-12)17(20)21/h3-6,10-11,14,18H,7-9H2,1-2H3. The molecule has 0 saturated carbocycles. The summed E-state index contributed by atoms with van der Waals surface area (Å²) in [7, 11) is 0. The third-order valence-electron chi connectivity index (χ3n) is 3.97. The molecular formula is C15H20N2O4. The Labute approximate surface area is 123 Å². The van der Waals surface area contributed by atoms with E-state index in [0.29, 0.717) is 12.8 Å². The predicted molar refractivity (Wildman–Crippen MR) is 77.8 cm³/mol. The monoisotopic (exact) mass is 292 g/mol. The fourth-order valence-corrected chi connectivity index (χ4v) is 3.04. The number of nitro benzene ring substituents is 1. The number of carbonyl (C=O) groups excluding carboxylic acids is 1. The molecule has 1 fully saturated rings. The summed E-state index contributed by atoms with van der Waals surface area (Å²) in [6, 6.07) is 6.07. The first kappa shape index (κ1) is 15.4. The van der Waals surface area contributed by atoms with Crippen LogP contribution in [0.4, 0.5) is 5.69 Å². The molecule has 1 aliphatic heterocycles. The summed E-state index contributed by atoms with van der Waals surface area (Å²) in [6.07, 6.45) is 1.06. The summed E-state index contributed by atoms with van der Waals surface area (Å²) >= 11 is 0. The van der Waals surface area contributed by atoms with Crippen LogP contribution in [0, 0.1) is 10.1 Å². The maximum absolute atomic E-state index is 12.4. The molecular weight excluding hydrogens is 272 g/mol. The van der Waals surface area contributed by atoms with Gasteiger partial charge in [0.1, 0.15) is 0 Å². The van der Waals surface area contributed by atoms with Crippen LogP contribution in [0.3, 0.4) is 0 Å². The van der Waals surface area contributed by atoms with Crippen LogP contribution in [-0.2, 0) is 11.2 Å². The molecule has 1 N–H and O–H groups in total. The van der Waals surface area contributed by atoms with E-state index in [4.69, 9.17) is 0 Å². The summed E-state index contributed by atoms with van der Waals surface area (Å²) in [5.41, 5.74) is 0.783. The minimum Gasteiger partial charge on any atom is -0.393 e. The first-order valence-corrected chi connectivity index (χ1v) is 7.11. The van der Waals surface area contributed by atoms with Crippen LogP contribution >= 0.6 is 0 Å². The molecule has 1 aliphatic rings. The molecule has 0 bridgehead atoms. The average Bonchev–Trinajstić information content (AvgIpc) is 2.37. The molecule has 2 unspecified atom stereocenters. The van der Waals surface area contributed by atoms with E-state index in [1.807, 2.05) is 18.7 Å². The minimum absolute atomic E-state index is 0.00393. The second kappa shape index (κ2) is 6.22. The van der Waals surface area contributed by atoms with E-state index >= 15 is 0 Å². The van der Waals surface area contributed by atoms with Crippen molar-refractivity contribution in [3.63, 3.8) is 0 Å². The van der Waals surface area contributed by atoms with Crippen molar-refractivity contribution in [2.24, 2.45) is 0 Å². The zero-order valence-electron chi connectivity index (χ0n) is 12.2. The second-order valence-electron chi connectivity index (χ2n) is 5.72. The summed E-state index contributed by atoms with van der Waals surface area (Å²) in [4.78, 5) is 24.4. The van der Waals surface area contributed by atoms with Crippen LogP contribution in [0.2, 0.25) is 0 Å². The van der Waals surface area contributed by atoms with Crippen LogP contribution in [0.15, 0.2) is 24.3 Å². The number of benzene rings is 1. The predicted octanol–water partition coefficient (Wildman–Crippen LogP) is 1.90. The molecule has 0 spiro atoms. The zero-order valence-corrected chi connectivity index (χ0v) is 12.2. The molecule has 6 heteroatoms. The second-order valence-corrected chi connectivity index (χ2v) is 5.72. The van der Waals surface area contributed by atoms with E-state index in [-0.39, 0.29) is 36.2 Å². The van der Waals surface area contributed by atoms with E-state index in [0.717, 1.165) is 5.56 Å². The third-order valence-corrected chi connectivity index (χ3v) is 3.97. The smallest absolute Gasteiger partial charge is 0.269 e. The van der Waals surface area contributed by atoms with Gasteiger partial charge in [0.25, 0.3) is 5.69 Å². The van der Waals surface area contributed by atoms with Gasteiger partial charge >= 0.3 is 0 Å². The largest absolute Gasteiger partial charge is 0.393 e. The number of aliphatic hydroxyl groups is 1. The number of piperidine rings is 1. The van der Waals surface area contributed by atoms with Gasteiger partial charge in [-0.1, -0.05) is 12.1 Å². The number of aliphatic hydroxyl groups excluding tert-OH is 1. The van der Waals surface area contributed by atoms with Crippen molar-refractivity contribution in [2.45, 2.75) is 51.3 Å². The number of rotatable bonds is 3. The molecule has 1 aromatic rings. The van der Waals surface area contributed by atoms with Gasteiger partial charge in [0.15, 0.2) is 0 Å². The van der Waals surface area contributed by atoms with Gasteiger partial charge < -0.3 is 10.0 Å². The summed E-state index contributed by atoms with van der Waals surface area (Å²) in [5.74, 6) is -0.00393. The minimum atomic E-state index is -0.457. The molecule has 6 nitrogen and oxygen atoms in total. The Balaban J connectivity index is 2.05. The first-order chi connectivity index (χ1) is 9.88. The molecule has 2 rings (SSSR count). The molecule has 1 amide bonds. The van der Waals surface area contributed by atoms with E-state index in [1.165, 1.54) is 12.1 Å². The number of non-ortho nitro benzene ring substituents is 1. The lowest BCUT2D eigenvalue weighted by atomic mass is 9.94. The van der Waals surface area contributed by atoms with Crippen molar-refractivity contribution in [2.75, 3.05) is 0 Å². The average molecular weight is 292 g/mol. The Morgan fingerprint density at radius 1 is 1.29 bits per heavy atom. The summed E-state index contributed by atoms with van der Waals surface area (Å²) in [5, 5.41) is 20.3. The highest BCUT2D eigenvalue weighted by Crippen LogP contribution is 2.24. The number of amides is 1. The fourth-order valence-electron chi connectivity index (χ4n) is 3.04. The van der Waals surface area contributed by atoms with E-state index in [1.54, 1.807) is 12.1 Å². The van der Waals surface area contributed by atoms with Crippen molar-refractivity contribution in [3.8, 4) is 0 Å². The Morgan fingerprint density at radius 2 is 1.81 bits per heavy atom. The summed E-state index contributed by atoms with van der Waals surface area (Å²) < 4.78 is 0. The lowest BCUT2D eigenvalue weighted by Gasteiger charge is -2.41. The molecule has 1 aromatic carbocycles. The highest BCUT2D eigenvalue weighted by Gasteiger charge is 2.32. The number of hydrogen-bond donors (Lipinski definition) is 1. The molecule has 21 heavy (non-hydrogen) atoms. The van der Waals surface area contributed by atoms with Gasteiger partial charge in [-0.2, -0.15) is 0 Å². The van der Waals surface area contributed by atoms with Gasteiger partial charge in [0.05, 0.1) is 17.4 Å². The lowest BCUT2D eigenvalue weighted by molar-refractivity contribution is -0.384. The van der Waals surface area contributed by atoms with E-state index in [9.17, 15) is 20.0 Å². The van der Waals surface area contributed by atoms with Gasteiger partial charge in [-0.3, -0.25) is 14.9 Å². The Morgan fingerprint density at radius 3 is 2.29 bits per heavy atom. The highest BCUT2D eigenvalue weighted by molar-refractivity contribution is 5.79. The highest BCUT2D eigenvalue weighted by atomic mass is 16.6. The van der Waals surface area contributed by atoms with Crippen LogP contribution in [0.5, 0.6) is 0 Å². The number of carbonyl (C=O) groups is 1. The van der Waals surface area contributed by atoms with Crippen molar-refractivity contribution < 1.29 is 14.8 Å². The van der Waals surface area contributed by atoms with Crippen molar-refractivity contribution in [1.29, 1.82) is 0 Å².